The summed E-state index contributed by atoms with van der Waals surface area (Å²) in [5.41, 5.74) is 1.08. The predicted molar refractivity (Wildman–Crippen MR) is 126 cm³/mol. The van der Waals surface area contributed by atoms with E-state index in [2.05, 4.69) is 47.9 Å². The van der Waals surface area contributed by atoms with Gasteiger partial charge in [0.25, 0.3) is 0 Å². The number of morpholine rings is 1. The zero-order valence-electron chi connectivity index (χ0n) is 19.8. The fourth-order valence-electron chi connectivity index (χ4n) is 5.73. The molecule has 0 bridgehead atoms. The first-order chi connectivity index (χ1) is 15.5. The monoisotopic (exact) mass is 441 g/mol. The van der Waals surface area contributed by atoms with Crippen molar-refractivity contribution >= 4 is 11.6 Å². The number of nitrogens with zero attached hydrogens (tertiary/aromatic N) is 3. The summed E-state index contributed by atoms with van der Waals surface area (Å²) in [4.78, 5) is 19.3. The molecule has 0 atom stereocenters. The van der Waals surface area contributed by atoms with Gasteiger partial charge in [-0.1, -0.05) is 6.42 Å². The Morgan fingerprint density at radius 2 is 1.69 bits per heavy atom. The second kappa shape index (κ2) is 9.22. The predicted octanol–water partition coefficient (Wildman–Crippen LogP) is 3.69. The highest BCUT2D eigenvalue weighted by Crippen LogP contribution is 2.34. The zero-order chi connectivity index (χ0) is 22.1. The number of likely N-dealkylation sites (tertiary alicyclic amines) is 1. The third-order valence-electron chi connectivity index (χ3n) is 8.15. The maximum Gasteiger partial charge on any atom is 0.248 e. The largest absolute Gasteiger partial charge is 0.490 e. The maximum absolute atomic E-state index is 12.2. The van der Waals surface area contributed by atoms with E-state index >= 15 is 0 Å². The lowest BCUT2D eigenvalue weighted by Crippen LogP contribution is -2.60. The van der Waals surface area contributed by atoms with Crippen LogP contribution in [0.25, 0.3) is 0 Å². The molecule has 0 aromatic heterocycles. The Balaban J connectivity index is 1.11. The van der Waals surface area contributed by atoms with Gasteiger partial charge in [-0.25, -0.2) is 0 Å². The molecule has 0 unspecified atom stereocenters. The Bertz CT molecular complexity index is 776. The van der Waals surface area contributed by atoms with E-state index in [0.29, 0.717) is 6.10 Å². The highest BCUT2D eigenvalue weighted by molar-refractivity contribution is 5.78. The molecule has 1 spiro atoms. The SMILES string of the molecule is CC(C)N1CC2(CCN(c3ccc(OC4CCN(C5CCC5)CC4)cc3)CC2)OCC1=O. The van der Waals surface area contributed by atoms with Crippen LogP contribution in [0.15, 0.2) is 24.3 Å². The first-order valence-electron chi connectivity index (χ1n) is 12.7. The Morgan fingerprint density at radius 1 is 1.00 bits per heavy atom. The minimum absolute atomic E-state index is 0.123. The first kappa shape index (κ1) is 22.0. The second-order valence-corrected chi connectivity index (χ2v) is 10.5. The van der Waals surface area contributed by atoms with Gasteiger partial charge in [0.05, 0.1) is 12.1 Å². The van der Waals surface area contributed by atoms with Gasteiger partial charge in [-0.05, 0) is 76.6 Å². The molecular formula is C26H39N3O3. The molecule has 4 fully saturated rings. The molecule has 1 saturated carbocycles. The molecule has 0 radical (unpaired) electrons. The number of anilines is 1. The minimum Gasteiger partial charge on any atom is -0.490 e. The maximum atomic E-state index is 12.2. The van der Waals surface area contributed by atoms with E-state index in [1.807, 2.05) is 4.90 Å². The van der Waals surface area contributed by atoms with Crippen molar-refractivity contribution in [2.75, 3.05) is 44.2 Å². The summed E-state index contributed by atoms with van der Waals surface area (Å²) in [6, 6.07) is 9.75. The molecule has 6 nitrogen and oxygen atoms in total. The highest BCUT2D eigenvalue weighted by atomic mass is 16.5. The summed E-state index contributed by atoms with van der Waals surface area (Å²) in [5.74, 6) is 1.11. The average Bonchev–Trinajstić information content (AvgIpc) is 2.77. The first-order valence-corrected chi connectivity index (χ1v) is 12.7. The van der Waals surface area contributed by atoms with Crippen LogP contribution in [0, 0.1) is 0 Å². The minimum atomic E-state index is -0.175. The van der Waals surface area contributed by atoms with E-state index in [1.165, 1.54) is 38.0 Å². The van der Waals surface area contributed by atoms with Gasteiger partial charge in [0.15, 0.2) is 0 Å². The van der Waals surface area contributed by atoms with Crippen LogP contribution < -0.4 is 9.64 Å². The van der Waals surface area contributed by atoms with E-state index in [4.69, 9.17) is 9.47 Å². The van der Waals surface area contributed by atoms with Crippen molar-refractivity contribution < 1.29 is 14.3 Å². The van der Waals surface area contributed by atoms with E-state index in [-0.39, 0.29) is 24.2 Å². The normalized spacial score (nSPS) is 25.4. The number of carbonyl (C=O) groups excluding carboxylic acids is 1. The molecule has 6 heteroatoms. The lowest BCUT2D eigenvalue weighted by Gasteiger charge is -2.48. The number of ether oxygens (including phenoxy) is 2. The number of rotatable bonds is 5. The third kappa shape index (κ3) is 4.62. The number of benzene rings is 1. The Kier molecular flexibility index (Phi) is 6.35. The summed E-state index contributed by atoms with van der Waals surface area (Å²) in [5, 5.41) is 0. The fraction of sp³-hybridized carbons (Fsp3) is 0.731. The smallest absolute Gasteiger partial charge is 0.248 e. The van der Waals surface area contributed by atoms with Gasteiger partial charge in [0.2, 0.25) is 5.91 Å². The van der Waals surface area contributed by atoms with Crippen LogP contribution in [0.4, 0.5) is 5.69 Å². The Morgan fingerprint density at radius 3 is 2.28 bits per heavy atom. The molecule has 1 aromatic rings. The van der Waals surface area contributed by atoms with Gasteiger partial charge in [0.1, 0.15) is 18.5 Å². The lowest BCUT2D eigenvalue weighted by molar-refractivity contribution is -0.170. The van der Waals surface area contributed by atoms with Crippen molar-refractivity contribution in [3.8, 4) is 5.75 Å². The van der Waals surface area contributed by atoms with Gasteiger partial charge in [-0.15, -0.1) is 0 Å². The summed E-state index contributed by atoms with van der Waals surface area (Å²) in [6.45, 7) is 9.42. The van der Waals surface area contributed by atoms with E-state index in [1.54, 1.807) is 0 Å². The number of piperidine rings is 2. The van der Waals surface area contributed by atoms with Crippen molar-refractivity contribution in [1.82, 2.24) is 9.80 Å². The molecule has 1 amide bonds. The number of amides is 1. The molecule has 4 aliphatic rings. The van der Waals surface area contributed by atoms with Crippen LogP contribution in [-0.2, 0) is 9.53 Å². The van der Waals surface area contributed by atoms with Gasteiger partial charge in [0, 0.05) is 44.0 Å². The summed E-state index contributed by atoms with van der Waals surface area (Å²) >= 11 is 0. The molecule has 3 saturated heterocycles. The van der Waals surface area contributed by atoms with Crippen molar-refractivity contribution in [2.24, 2.45) is 0 Å². The molecule has 1 aromatic carbocycles. The molecule has 1 aliphatic carbocycles. The molecule has 3 aliphatic heterocycles. The zero-order valence-corrected chi connectivity index (χ0v) is 19.8. The van der Waals surface area contributed by atoms with Crippen LogP contribution in [0.5, 0.6) is 5.75 Å². The van der Waals surface area contributed by atoms with Crippen LogP contribution >= 0.6 is 0 Å². The lowest BCUT2D eigenvalue weighted by atomic mass is 9.88. The van der Waals surface area contributed by atoms with Crippen molar-refractivity contribution in [3.63, 3.8) is 0 Å². The van der Waals surface area contributed by atoms with Crippen LogP contribution in [-0.4, -0.2) is 78.8 Å². The van der Waals surface area contributed by atoms with Crippen LogP contribution in [0.2, 0.25) is 0 Å². The molecule has 3 heterocycles. The van der Waals surface area contributed by atoms with Gasteiger partial charge < -0.3 is 24.2 Å². The third-order valence-corrected chi connectivity index (χ3v) is 8.15. The second-order valence-electron chi connectivity index (χ2n) is 10.5. The van der Waals surface area contributed by atoms with E-state index in [0.717, 1.165) is 57.1 Å². The van der Waals surface area contributed by atoms with Gasteiger partial charge in [-0.3, -0.25) is 4.79 Å². The Labute approximate surface area is 192 Å². The van der Waals surface area contributed by atoms with E-state index in [9.17, 15) is 4.79 Å². The van der Waals surface area contributed by atoms with Gasteiger partial charge in [-0.2, -0.15) is 0 Å². The number of carbonyl (C=O) groups is 1. The average molecular weight is 442 g/mol. The number of hydrogen-bond acceptors (Lipinski definition) is 5. The summed E-state index contributed by atoms with van der Waals surface area (Å²) in [6.07, 6.45) is 8.75. The topological polar surface area (TPSA) is 45.2 Å². The Hall–Kier alpha value is -1.79. The molecule has 176 valence electrons. The van der Waals surface area contributed by atoms with Crippen molar-refractivity contribution in [3.05, 3.63) is 24.3 Å². The summed E-state index contributed by atoms with van der Waals surface area (Å²) in [7, 11) is 0. The molecule has 5 rings (SSSR count). The molecule has 32 heavy (non-hydrogen) atoms. The van der Waals surface area contributed by atoms with Crippen molar-refractivity contribution in [2.45, 2.75) is 82.6 Å². The number of hydrogen-bond donors (Lipinski definition) is 0. The standard InChI is InChI=1S/C26H39N3O3/c1-20(2)29-19-26(31-18-25(29)30)12-16-28(17-13-26)22-6-8-23(9-7-22)32-24-10-14-27(15-11-24)21-4-3-5-21/h6-9,20-21,24H,3-5,10-19H2,1-2H3. The molecule has 0 N–H and O–H groups in total. The quantitative estimate of drug-likeness (QED) is 0.697. The summed E-state index contributed by atoms with van der Waals surface area (Å²) < 4.78 is 12.4. The van der Waals surface area contributed by atoms with Crippen LogP contribution in [0.1, 0.15) is 58.8 Å². The van der Waals surface area contributed by atoms with Gasteiger partial charge >= 0.3 is 0 Å². The highest BCUT2D eigenvalue weighted by Gasteiger charge is 2.43. The van der Waals surface area contributed by atoms with E-state index < -0.39 is 0 Å². The van der Waals surface area contributed by atoms with Crippen LogP contribution in [0.3, 0.4) is 0 Å². The fourth-order valence-corrected chi connectivity index (χ4v) is 5.73. The molecular weight excluding hydrogens is 402 g/mol. The van der Waals surface area contributed by atoms with Crippen molar-refractivity contribution in [1.29, 1.82) is 0 Å².